The molecule has 0 saturated carbocycles. The minimum absolute atomic E-state index is 0.165. The molecule has 0 aliphatic carbocycles. The van der Waals surface area contributed by atoms with Gasteiger partial charge in [-0.25, -0.2) is 9.97 Å². The number of aromatic nitrogens is 3. The number of rotatable bonds is 7. The summed E-state index contributed by atoms with van der Waals surface area (Å²) >= 11 is 0. The van der Waals surface area contributed by atoms with E-state index in [4.69, 9.17) is 15.2 Å². The van der Waals surface area contributed by atoms with Crippen molar-refractivity contribution in [2.45, 2.75) is 0 Å². The molecular weight excluding hydrogens is 349 g/mol. The lowest BCUT2D eigenvalue weighted by Gasteiger charge is -2.09. The highest BCUT2D eigenvalue weighted by atomic mass is 19.1. The maximum Gasteiger partial charge on any atom is 0.212 e. The molecule has 138 valence electrons. The van der Waals surface area contributed by atoms with Crippen LogP contribution >= 0.6 is 0 Å². The van der Waals surface area contributed by atoms with E-state index in [1.807, 2.05) is 12.1 Å². The largest absolute Gasteiger partial charge is 0.496 e. The van der Waals surface area contributed by atoms with Gasteiger partial charge in [0, 0.05) is 29.6 Å². The third-order valence-corrected chi connectivity index (χ3v) is 3.65. The first-order chi connectivity index (χ1) is 13.2. The van der Waals surface area contributed by atoms with E-state index >= 15 is 0 Å². The number of allylic oxidation sites excluding steroid dienone is 1. The fourth-order valence-corrected chi connectivity index (χ4v) is 2.37. The van der Waals surface area contributed by atoms with Crippen LogP contribution in [0.5, 0.6) is 11.5 Å². The molecule has 0 unspecified atom stereocenters. The number of aromatic amines is 1. The second-order valence-corrected chi connectivity index (χ2v) is 5.37. The van der Waals surface area contributed by atoms with Crippen molar-refractivity contribution in [1.82, 2.24) is 15.0 Å². The number of ether oxygens (including phenoxy) is 2. The van der Waals surface area contributed by atoms with Gasteiger partial charge in [0.05, 0.1) is 19.0 Å². The van der Waals surface area contributed by atoms with E-state index in [1.165, 1.54) is 18.5 Å². The van der Waals surface area contributed by atoms with Gasteiger partial charge >= 0.3 is 0 Å². The molecule has 2 aromatic heterocycles. The van der Waals surface area contributed by atoms with Crippen LogP contribution in [0, 0.1) is 5.95 Å². The Kier molecular flexibility index (Phi) is 5.78. The molecule has 1 aromatic carbocycles. The molecule has 0 amide bonds. The van der Waals surface area contributed by atoms with Gasteiger partial charge in [0.1, 0.15) is 17.3 Å². The van der Waals surface area contributed by atoms with Crippen molar-refractivity contribution in [3.8, 4) is 34.1 Å². The summed E-state index contributed by atoms with van der Waals surface area (Å²) in [6.07, 6.45) is 7.66. The van der Waals surface area contributed by atoms with Crippen molar-refractivity contribution in [2.24, 2.45) is 10.7 Å². The third kappa shape index (κ3) is 4.49. The van der Waals surface area contributed by atoms with Crippen LogP contribution in [-0.4, -0.2) is 35.0 Å². The van der Waals surface area contributed by atoms with Gasteiger partial charge in [0.15, 0.2) is 6.73 Å². The Bertz CT molecular complexity index is 951. The van der Waals surface area contributed by atoms with E-state index < -0.39 is 5.95 Å². The number of nitrogens with zero attached hydrogens (tertiary/aromatic N) is 3. The first-order valence-corrected chi connectivity index (χ1v) is 8.06. The summed E-state index contributed by atoms with van der Waals surface area (Å²) in [7, 11) is 1.58. The number of methoxy groups -OCH3 is 1. The molecule has 7 nitrogen and oxygen atoms in total. The van der Waals surface area contributed by atoms with Crippen LogP contribution in [-0.2, 0) is 0 Å². The summed E-state index contributed by atoms with van der Waals surface area (Å²) < 4.78 is 24.0. The van der Waals surface area contributed by atoms with Crippen LogP contribution < -0.4 is 15.2 Å². The van der Waals surface area contributed by atoms with Crippen molar-refractivity contribution in [2.75, 3.05) is 13.8 Å². The molecule has 3 aromatic rings. The SMILES string of the molecule is COc1cc(OCN=CC=CN)ccc1-c1cnc(-c2ccc(F)nc2)[nH]1. The zero-order valence-corrected chi connectivity index (χ0v) is 14.6. The standard InChI is InChI=1S/C19H18FN5O2/c1-26-17-9-14(27-12-22-8-2-7-21)4-5-15(17)16-11-24-19(25-16)13-3-6-18(20)23-10-13/h2-11H,12,21H2,1H3,(H,24,25). The molecule has 0 atom stereocenters. The highest BCUT2D eigenvalue weighted by molar-refractivity contribution is 5.71. The first-order valence-electron chi connectivity index (χ1n) is 8.06. The fourth-order valence-electron chi connectivity index (χ4n) is 2.37. The van der Waals surface area contributed by atoms with E-state index in [-0.39, 0.29) is 6.73 Å². The molecule has 0 saturated heterocycles. The molecule has 3 rings (SSSR count). The maximum atomic E-state index is 13.0. The Labute approximate surface area is 155 Å². The van der Waals surface area contributed by atoms with Crippen LogP contribution in [0.3, 0.4) is 0 Å². The van der Waals surface area contributed by atoms with E-state index in [9.17, 15) is 4.39 Å². The zero-order chi connectivity index (χ0) is 19.1. The number of imidazole rings is 1. The number of pyridine rings is 1. The predicted molar refractivity (Wildman–Crippen MR) is 101 cm³/mol. The summed E-state index contributed by atoms with van der Waals surface area (Å²) in [5, 5.41) is 0. The Morgan fingerprint density at radius 2 is 2.11 bits per heavy atom. The highest BCUT2D eigenvalue weighted by Crippen LogP contribution is 2.33. The van der Waals surface area contributed by atoms with E-state index in [2.05, 4.69) is 19.9 Å². The van der Waals surface area contributed by atoms with E-state index in [0.29, 0.717) is 22.9 Å². The normalized spacial score (nSPS) is 11.3. The Morgan fingerprint density at radius 1 is 1.22 bits per heavy atom. The number of nitrogens with one attached hydrogen (secondary N) is 1. The molecule has 0 fully saturated rings. The lowest BCUT2D eigenvalue weighted by Crippen LogP contribution is -1.96. The highest BCUT2D eigenvalue weighted by Gasteiger charge is 2.12. The summed E-state index contributed by atoms with van der Waals surface area (Å²) in [6.45, 7) is 0.165. The number of benzene rings is 1. The Hall–Kier alpha value is -3.68. The van der Waals surface area contributed by atoms with Gasteiger partial charge in [0.2, 0.25) is 5.95 Å². The van der Waals surface area contributed by atoms with Crippen molar-refractivity contribution >= 4 is 6.21 Å². The summed E-state index contributed by atoms with van der Waals surface area (Å²) in [4.78, 5) is 15.2. The number of H-pyrrole nitrogens is 1. The number of halogens is 1. The van der Waals surface area contributed by atoms with Crippen molar-refractivity contribution < 1.29 is 13.9 Å². The van der Waals surface area contributed by atoms with Crippen LogP contribution in [0.4, 0.5) is 4.39 Å². The van der Waals surface area contributed by atoms with Gasteiger partial charge in [-0.1, -0.05) is 0 Å². The summed E-state index contributed by atoms with van der Waals surface area (Å²) in [5.41, 5.74) is 7.47. The molecule has 27 heavy (non-hydrogen) atoms. The van der Waals surface area contributed by atoms with Crippen molar-refractivity contribution in [3.63, 3.8) is 0 Å². The molecule has 0 spiro atoms. The molecule has 0 aliphatic heterocycles. The molecular formula is C19H18FN5O2. The van der Waals surface area contributed by atoms with Crippen LogP contribution in [0.2, 0.25) is 0 Å². The Morgan fingerprint density at radius 3 is 2.85 bits per heavy atom. The number of hydrogen-bond acceptors (Lipinski definition) is 6. The molecule has 0 bridgehead atoms. The molecule has 2 heterocycles. The molecule has 0 radical (unpaired) electrons. The second kappa shape index (κ2) is 8.61. The molecule has 3 N–H and O–H groups in total. The first kappa shape index (κ1) is 18.1. The summed E-state index contributed by atoms with van der Waals surface area (Å²) in [6, 6.07) is 8.34. The number of aliphatic imine (C=N–C) groups is 1. The van der Waals surface area contributed by atoms with Crippen LogP contribution in [0.25, 0.3) is 22.6 Å². The minimum atomic E-state index is -0.536. The second-order valence-electron chi connectivity index (χ2n) is 5.37. The zero-order valence-electron chi connectivity index (χ0n) is 14.6. The number of hydrogen-bond donors (Lipinski definition) is 2. The lowest BCUT2D eigenvalue weighted by atomic mass is 10.1. The maximum absolute atomic E-state index is 13.0. The van der Waals surface area contributed by atoms with Crippen molar-refractivity contribution in [3.05, 3.63) is 60.9 Å². The molecule has 0 aliphatic rings. The van der Waals surface area contributed by atoms with Gasteiger partial charge in [-0.2, -0.15) is 4.39 Å². The van der Waals surface area contributed by atoms with E-state index in [1.54, 1.807) is 37.7 Å². The topological polar surface area (TPSA) is 98.4 Å². The van der Waals surface area contributed by atoms with Crippen LogP contribution in [0.1, 0.15) is 0 Å². The van der Waals surface area contributed by atoms with Gasteiger partial charge in [-0.3, -0.25) is 4.99 Å². The average Bonchev–Trinajstić information content (AvgIpc) is 3.18. The number of nitrogens with two attached hydrogens (primary N) is 1. The predicted octanol–water partition coefficient (Wildman–Crippen LogP) is 3.17. The van der Waals surface area contributed by atoms with Gasteiger partial charge < -0.3 is 20.2 Å². The Balaban J connectivity index is 1.79. The summed E-state index contributed by atoms with van der Waals surface area (Å²) in [5.74, 6) is 1.28. The monoisotopic (exact) mass is 367 g/mol. The molecule has 8 heteroatoms. The lowest BCUT2D eigenvalue weighted by molar-refractivity contribution is 0.329. The van der Waals surface area contributed by atoms with Crippen LogP contribution in [0.15, 0.2) is 60.0 Å². The average molecular weight is 367 g/mol. The van der Waals surface area contributed by atoms with E-state index in [0.717, 1.165) is 11.3 Å². The minimum Gasteiger partial charge on any atom is -0.496 e. The quantitative estimate of drug-likeness (QED) is 0.494. The fraction of sp³-hybridized carbons (Fsp3) is 0.105. The van der Waals surface area contributed by atoms with Gasteiger partial charge in [-0.05, 0) is 36.5 Å². The van der Waals surface area contributed by atoms with Gasteiger partial charge in [-0.15, -0.1) is 0 Å². The smallest absolute Gasteiger partial charge is 0.212 e. The third-order valence-electron chi connectivity index (χ3n) is 3.65. The van der Waals surface area contributed by atoms with Crippen molar-refractivity contribution in [1.29, 1.82) is 0 Å². The van der Waals surface area contributed by atoms with Gasteiger partial charge in [0.25, 0.3) is 0 Å².